The Balaban J connectivity index is 1.75. The molecule has 5 rings (SSSR count). The second kappa shape index (κ2) is 8.26. The average molecular weight is 516 g/mol. The van der Waals surface area contributed by atoms with Gasteiger partial charge in [-0.1, -0.05) is 6.92 Å². The van der Waals surface area contributed by atoms with Crippen molar-refractivity contribution in [2.45, 2.75) is 18.1 Å². The molecule has 0 radical (unpaired) electrons. The van der Waals surface area contributed by atoms with E-state index in [4.69, 9.17) is 0 Å². The number of aromatic amines is 1. The first-order valence-corrected chi connectivity index (χ1v) is 12.5. The van der Waals surface area contributed by atoms with Gasteiger partial charge in [0.2, 0.25) is 0 Å². The Kier molecular flexibility index (Phi) is 5.43. The number of imidazole rings is 1. The third-order valence-corrected chi connectivity index (χ3v) is 7.69. The zero-order valence-corrected chi connectivity index (χ0v) is 19.9. The number of anilines is 2. The van der Waals surface area contributed by atoms with E-state index in [2.05, 4.69) is 15.3 Å². The zero-order chi connectivity index (χ0) is 25.8. The lowest BCUT2D eigenvalue weighted by Crippen LogP contribution is -2.16. The monoisotopic (exact) mass is 515 g/mol. The van der Waals surface area contributed by atoms with Crippen LogP contribution in [0.2, 0.25) is 0 Å². The Hall–Kier alpha value is -4.06. The van der Waals surface area contributed by atoms with Crippen molar-refractivity contribution in [3.63, 3.8) is 0 Å². The minimum Gasteiger partial charge on any atom is -0.357 e. The van der Waals surface area contributed by atoms with E-state index in [-0.39, 0.29) is 16.3 Å². The summed E-state index contributed by atoms with van der Waals surface area (Å²) in [5.41, 5.74) is 1.66. The van der Waals surface area contributed by atoms with Crippen molar-refractivity contribution < 1.29 is 21.6 Å². The predicted molar refractivity (Wildman–Crippen MR) is 130 cm³/mol. The Bertz CT molecular complexity index is 1780. The third-order valence-electron chi connectivity index (χ3n) is 5.99. The summed E-state index contributed by atoms with van der Waals surface area (Å²) in [4.78, 5) is 19.8. The number of benzene rings is 1. The number of nitrogens with zero attached hydrogens (tertiary/aromatic N) is 3. The van der Waals surface area contributed by atoms with Crippen molar-refractivity contribution in [3.05, 3.63) is 77.1 Å². The fraction of sp³-hybridized carbons (Fsp3) is 0.167. The standard InChI is InChI=1S/C24H20F3N5O3S/c1-3-36(34,35)21-11-29-20-10-19(30-15-6-4-14(5-7-15)24(25,26)27)18(13-32(20)21)17-12-31(2)23(33)22-16(17)8-9-28-22/h4-13,28,30H,3H2,1-2H3. The number of aromatic nitrogens is 4. The number of halogens is 3. The molecule has 0 fully saturated rings. The minimum atomic E-state index is -4.46. The number of hydrogen-bond donors (Lipinski definition) is 2. The molecule has 5 aromatic rings. The molecule has 0 aliphatic heterocycles. The van der Waals surface area contributed by atoms with Gasteiger partial charge in [0.05, 0.1) is 23.2 Å². The van der Waals surface area contributed by atoms with Gasteiger partial charge < -0.3 is 14.9 Å². The van der Waals surface area contributed by atoms with Gasteiger partial charge in [-0.25, -0.2) is 13.4 Å². The molecule has 4 aromatic heterocycles. The largest absolute Gasteiger partial charge is 0.416 e. The Morgan fingerprint density at radius 1 is 1.08 bits per heavy atom. The first-order chi connectivity index (χ1) is 17.0. The fourth-order valence-corrected chi connectivity index (χ4v) is 5.03. The molecule has 0 saturated heterocycles. The molecular weight excluding hydrogens is 495 g/mol. The summed E-state index contributed by atoms with van der Waals surface area (Å²) in [6.45, 7) is 1.53. The van der Waals surface area contributed by atoms with Crippen LogP contribution in [-0.4, -0.2) is 33.1 Å². The third kappa shape index (κ3) is 3.92. The Labute approximate surface area is 202 Å². The van der Waals surface area contributed by atoms with Crippen LogP contribution < -0.4 is 10.9 Å². The number of fused-ring (bicyclic) bond motifs is 2. The summed E-state index contributed by atoms with van der Waals surface area (Å²) < 4.78 is 67.2. The number of aryl methyl sites for hydroxylation is 1. The molecule has 0 aliphatic rings. The van der Waals surface area contributed by atoms with Crippen LogP contribution in [0.1, 0.15) is 12.5 Å². The number of pyridine rings is 2. The fourth-order valence-electron chi connectivity index (χ4n) is 4.08. The number of H-pyrrole nitrogens is 1. The van der Waals surface area contributed by atoms with Crippen LogP contribution in [-0.2, 0) is 23.1 Å². The van der Waals surface area contributed by atoms with Gasteiger partial charge in [0.15, 0.2) is 14.9 Å². The molecule has 0 spiro atoms. The van der Waals surface area contributed by atoms with Crippen molar-refractivity contribution in [2.24, 2.45) is 7.05 Å². The van der Waals surface area contributed by atoms with Crippen LogP contribution in [0.5, 0.6) is 0 Å². The van der Waals surface area contributed by atoms with Crippen molar-refractivity contribution >= 4 is 37.8 Å². The first kappa shape index (κ1) is 23.7. The number of alkyl halides is 3. The second-order valence-electron chi connectivity index (χ2n) is 8.25. The van der Waals surface area contributed by atoms with Gasteiger partial charge in [0.25, 0.3) is 5.56 Å². The van der Waals surface area contributed by atoms with Gasteiger partial charge in [-0.05, 0) is 30.3 Å². The van der Waals surface area contributed by atoms with E-state index in [1.54, 1.807) is 37.8 Å². The van der Waals surface area contributed by atoms with E-state index in [0.717, 1.165) is 12.1 Å². The van der Waals surface area contributed by atoms with Gasteiger partial charge in [-0.2, -0.15) is 13.2 Å². The molecule has 0 saturated carbocycles. The molecule has 12 heteroatoms. The Morgan fingerprint density at radius 2 is 1.81 bits per heavy atom. The molecular formula is C24H20F3N5O3S. The Morgan fingerprint density at radius 3 is 2.47 bits per heavy atom. The van der Waals surface area contributed by atoms with Crippen molar-refractivity contribution in [1.82, 2.24) is 18.9 Å². The van der Waals surface area contributed by atoms with Crippen LogP contribution >= 0.6 is 0 Å². The highest BCUT2D eigenvalue weighted by Gasteiger charge is 2.30. The van der Waals surface area contributed by atoms with E-state index >= 15 is 0 Å². The summed E-state index contributed by atoms with van der Waals surface area (Å²) in [5, 5.41) is 3.74. The van der Waals surface area contributed by atoms with Crippen LogP contribution in [0.3, 0.4) is 0 Å². The van der Waals surface area contributed by atoms with E-state index in [1.807, 2.05) is 0 Å². The van der Waals surface area contributed by atoms with E-state index in [1.165, 1.54) is 34.2 Å². The molecule has 0 atom stereocenters. The van der Waals surface area contributed by atoms with Crippen LogP contribution in [0, 0.1) is 0 Å². The normalized spacial score (nSPS) is 12.5. The smallest absolute Gasteiger partial charge is 0.357 e. The van der Waals surface area contributed by atoms with Gasteiger partial charge in [-0.15, -0.1) is 0 Å². The average Bonchev–Trinajstić information content (AvgIpc) is 3.48. The number of nitrogens with one attached hydrogen (secondary N) is 2. The first-order valence-electron chi connectivity index (χ1n) is 10.8. The maximum atomic E-state index is 13.0. The molecule has 0 aliphatic carbocycles. The molecule has 0 amide bonds. The molecule has 186 valence electrons. The van der Waals surface area contributed by atoms with Gasteiger partial charge in [-0.3, -0.25) is 9.20 Å². The lowest BCUT2D eigenvalue weighted by molar-refractivity contribution is -0.137. The highest BCUT2D eigenvalue weighted by atomic mass is 32.2. The topological polar surface area (TPSA) is 101 Å². The van der Waals surface area contributed by atoms with Crippen LogP contribution in [0.25, 0.3) is 27.7 Å². The summed E-state index contributed by atoms with van der Waals surface area (Å²) >= 11 is 0. The van der Waals surface area contributed by atoms with Crippen molar-refractivity contribution in [3.8, 4) is 11.1 Å². The number of sulfone groups is 1. The molecule has 8 nitrogen and oxygen atoms in total. The summed E-state index contributed by atoms with van der Waals surface area (Å²) in [6, 6.07) is 7.90. The lowest BCUT2D eigenvalue weighted by atomic mass is 10.0. The molecule has 0 bridgehead atoms. The predicted octanol–water partition coefficient (Wildman–Crippen LogP) is 4.74. The summed E-state index contributed by atoms with van der Waals surface area (Å²) in [7, 11) is -2.01. The van der Waals surface area contributed by atoms with Crippen LogP contribution in [0.15, 0.2) is 71.0 Å². The van der Waals surface area contributed by atoms with E-state index < -0.39 is 21.6 Å². The van der Waals surface area contributed by atoms with Gasteiger partial charge >= 0.3 is 6.18 Å². The molecule has 36 heavy (non-hydrogen) atoms. The lowest BCUT2D eigenvalue weighted by Gasteiger charge is -2.16. The van der Waals surface area contributed by atoms with Crippen molar-refractivity contribution in [1.29, 1.82) is 0 Å². The maximum absolute atomic E-state index is 13.0. The molecule has 4 heterocycles. The second-order valence-corrected chi connectivity index (χ2v) is 10.5. The minimum absolute atomic E-state index is 0.0115. The highest BCUT2D eigenvalue weighted by molar-refractivity contribution is 7.91. The van der Waals surface area contributed by atoms with Crippen molar-refractivity contribution in [2.75, 3.05) is 11.1 Å². The summed E-state index contributed by atoms with van der Waals surface area (Å²) in [5.74, 6) is -0.121. The zero-order valence-electron chi connectivity index (χ0n) is 19.1. The van der Waals surface area contributed by atoms with E-state index in [9.17, 15) is 26.4 Å². The van der Waals surface area contributed by atoms with Crippen LogP contribution in [0.4, 0.5) is 24.5 Å². The van der Waals surface area contributed by atoms with Gasteiger partial charge in [0.1, 0.15) is 11.2 Å². The summed E-state index contributed by atoms with van der Waals surface area (Å²) in [6.07, 6.45) is 1.66. The molecule has 1 aromatic carbocycles. The highest BCUT2D eigenvalue weighted by Crippen LogP contribution is 2.36. The quantitative estimate of drug-likeness (QED) is 0.352. The van der Waals surface area contributed by atoms with Gasteiger partial charge in [0, 0.05) is 53.9 Å². The molecule has 2 N–H and O–H groups in total. The SMILES string of the molecule is CCS(=O)(=O)c1cnc2cc(Nc3ccc(C(F)(F)F)cc3)c(-c3cn(C)c(=O)c4[nH]ccc34)cn12. The number of rotatable bonds is 5. The molecule has 0 unspecified atom stereocenters. The van der Waals surface area contributed by atoms with E-state index in [0.29, 0.717) is 39.1 Å². The maximum Gasteiger partial charge on any atom is 0.416 e. The number of hydrogen-bond acceptors (Lipinski definition) is 5.